The second-order valence-electron chi connectivity index (χ2n) is 11.2. The Kier molecular flexibility index (Phi) is 6.44. The molecule has 1 nitrogen and oxygen atoms in total. The van der Waals surface area contributed by atoms with Gasteiger partial charge in [-0.25, -0.2) is 0 Å². The van der Waals surface area contributed by atoms with Crippen LogP contribution in [0.3, 0.4) is 0 Å². The summed E-state index contributed by atoms with van der Waals surface area (Å²) in [6, 6.07) is 63.9. The van der Waals surface area contributed by atoms with E-state index in [9.17, 15) is 0 Å². The third-order valence-corrected chi connectivity index (χ3v) is 9.41. The van der Waals surface area contributed by atoms with E-state index in [4.69, 9.17) is 0 Å². The van der Waals surface area contributed by atoms with Crippen molar-refractivity contribution in [3.05, 3.63) is 215 Å². The standard InChI is InChI=1S/C41H32O/c42-38-31-39(32-19-7-1-8-20-32,33-21-9-2-10-22-33)41(36-27-15-5-16-28-36,37-29-17-6-18-30-37)40(38,34-23-11-3-12-24-34)35-25-13-4-14-26-35/h1-30H,31H2. The van der Waals surface area contributed by atoms with Gasteiger partial charge in [-0.15, -0.1) is 0 Å². The molecule has 0 aromatic heterocycles. The minimum absolute atomic E-state index is 0.209. The van der Waals surface area contributed by atoms with Crippen LogP contribution in [-0.4, -0.2) is 5.78 Å². The molecule has 0 saturated heterocycles. The number of hydrogen-bond acceptors (Lipinski definition) is 1. The predicted molar refractivity (Wildman–Crippen MR) is 171 cm³/mol. The van der Waals surface area contributed by atoms with Gasteiger partial charge in [-0.2, -0.15) is 0 Å². The Hall–Kier alpha value is -5.01. The number of Topliss-reactive ketones (excluding diaryl/α,β-unsaturated/α-hetero) is 1. The monoisotopic (exact) mass is 540 g/mol. The highest BCUT2D eigenvalue weighted by Crippen LogP contribution is 2.70. The van der Waals surface area contributed by atoms with E-state index in [1.165, 1.54) is 0 Å². The zero-order chi connectivity index (χ0) is 28.5. The average molecular weight is 541 g/mol. The number of carbonyl (C=O) groups is 1. The highest BCUT2D eigenvalue weighted by atomic mass is 16.1. The topological polar surface area (TPSA) is 17.1 Å². The summed E-state index contributed by atoms with van der Waals surface area (Å²) in [6.07, 6.45) is 0.342. The first kappa shape index (κ1) is 25.9. The van der Waals surface area contributed by atoms with Gasteiger partial charge in [0.15, 0.2) is 0 Å². The molecule has 0 unspecified atom stereocenters. The maximum atomic E-state index is 15.6. The summed E-state index contributed by atoms with van der Waals surface area (Å²) in [5.74, 6) is 0.209. The van der Waals surface area contributed by atoms with E-state index in [0.29, 0.717) is 6.42 Å². The smallest absolute Gasteiger partial charge is 0.150 e. The van der Waals surface area contributed by atoms with Crippen LogP contribution in [0.25, 0.3) is 0 Å². The van der Waals surface area contributed by atoms with E-state index in [1.54, 1.807) is 0 Å². The van der Waals surface area contributed by atoms with Gasteiger partial charge in [-0.05, 0) is 33.4 Å². The summed E-state index contributed by atoms with van der Waals surface area (Å²) >= 11 is 0. The molecule has 0 radical (unpaired) electrons. The predicted octanol–water partition coefficient (Wildman–Crippen LogP) is 8.92. The highest BCUT2D eigenvalue weighted by molar-refractivity contribution is 6.03. The van der Waals surface area contributed by atoms with Crippen molar-refractivity contribution in [2.24, 2.45) is 0 Å². The van der Waals surface area contributed by atoms with E-state index in [2.05, 4.69) is 170 Å². The van der Waals surface area contributed by atoms with Crippen LogP contribution >= 0.6 is 0 Å². The van der Waals surface area contributed by atoms with Crippen LogP contribution in [-0.2, 0) is 21.0 Å². The molecule has 0 amide bonds. The van der Waals surface area contributed by atoms with Gasteiger partial charge in [0.2, 0.25) is 0 Å². The van der Waals surface area contributed by atoms with Crippen molar-refractivity contribution in [3.8, 4) is 0 Å². The molecule has 6 aromatic carbocycles. The first-order chi connectivity index (χ1) is 20.8. The molecule has 0 aliphatic heterocycles. The lowest BCUT2D eigenvalue weighted by molar-refractivity contribution is -0.121. The maximum absolute atomic E-state index is 15.6. The van der Waals surface area contributed by atoms with Crippen LogP contribution in [0.15, 0.2) is 182 Å². The summed E-state index contributed by atoms with van der Waals surface area (Å²) in [7, 11) is 0. The minimum Gasteiger partial charge on any atom is -0.298 e. The van der Waals surface area contributed by atoms with E-state index < -0.39 is 16.2 Å². The van der Waals surface area contributed by atoms with Crippen molar-refractivity contribution in [1.82, 2.24) is 0 Å². The minimum atomic E-state index is -1.04. The molecule has 0 heterocycles. The van der Waals surface area contributed by atoms with Crippen molar-refractivity contribution in [2.75, 3.05) is 0 Å². The molecule has 1 fully saturated rings. The maximum Gasteiger partial charge on any atom is 0.150 e. The molecular weight excluding hydrogens is 508 g/mol. The Morgan fingerprint density at radius 3 is 0.905 bits per heavy atom. The van der Waals surface area contributed by atoms with Crippen molar-refractivity contribution in [3.63, 3.8) is 0 Å². The first-order valence-electron chi connectivity index (χ1n) is 14.6. The molecule has 0 bridgehead atoms. The Morgan fingerprint density at radius 1 is 0.333 bits per heavy atom. The van der Waals surface area contributed by atoms with Crippen LogP contribution in [0.2, 0.25) is 0 Å². The number of benzene rings is 6. The third-order valence-electron chi connectivity index (χ3n) is 9.41. The molecule has 7 rings (SSSR count). The molecule has 1 heteroatoms. The molecule has 1 aliphatic rings. The summed E-state index contributed by atoms with van der Waals surface area (Å²) in [6.45, 7) is 0. The van der Waals surface area contributed by atoms with Gasteiger partial charge >= 0.3 is 0 Å². The van der Waals surface area contributed by atoms with Gasteiger partial charge in [0, 0.05) is 11.8 Å². The number of rotatable bonds is 6. The first-order valence-corrected chi connectivity index (χ1v) is 14.6. The second kappa shape index (κ2) is 10.4. The normalized spacial score (nSPS) is 16.6. The fraction of sp³-hybridized carbons (Fsp3) is 0.0976. The third kappa shape index (κ3) is 3.47. The van der Waals surface area contributed by atoms with Gasteiger partial charge in [-0.1, -0.05) is 182 Å². The molecule has 42 heavy (non-hydrogen) atoms. The van der Waals surface area contributed by atoms with E-state index in [0.717, 1.165) is 33.4 Å². The fourth-order valence-corrected chi connectivity index (χ4v) is 8.05. The molecule has 0 atom stereocenters. The molecule has 1 aliphatic carbocycles. The second-order valence-corrected chi connectivity index (χ2v) is 11.2. The summed E-state index contributed by atoms with van der Waals surface area (Å²) < 4.78 is 0. The van der Waals surface area contributed by atoms with Gasteiger partial charge in [0.1, 0.15) is 5.78 Å². The van der Waals surface area contributed by atoms with E-state index >= 15 is 4.79 Å². The lowest BCUT2D eigenvalue weighted by Crippen LogP contribution is -2.59. The Labute approximate surface area is 248 Å². The zero-order valence-corrected chi connectivity index (χ0v) is 23.4. The van der Waals surface area contributed by atoms with E-state index in [-0.39, 0.29) is 5.78 Å². The number of carbonyl (C=O) groups excluding carboxylic acids is 1. The van der Waals surface area contributed by atoms with E-state index in [1.807, 2.05) is 12.1 Å². The largest absolute Gasteiger partial charge is 0.298 e. The van der Waals surface area contributed by atoms with Crippen LogP contribution in [0.1, 0.15) is 39.8 Å². The number of ketones is 1. The highest BCUT2D eigenvalue weighted by Gasteiger charge is 2.75. The van der Waals surface area contributed by atoms with Crippen LogP contribution < -0.4 is 0 Å². The SMILES string of the molecule is O=C1CC(c2ccccc2)(c2ccccc2)C(c2ccccc2)(c2ccccc2)C1(c1ccccc1)c1ccccc1. The van der Waals surface area contributed by atoms with Crippen molar-refractivity contribution in [2.45, 2.75) is 22.7 Å². The summed E-state index contributed by atoms with van der Waals surface area (Å²) in [5, 5.41) is 0. The molecule has 0 spiro atoms. The van der Waals surface area contributed by atoms with Crippen LogP contribution in [0.4, 0.5) is 0 Å². The molecular formula is C41H32O. The Balaban J connectivity index is 1.80. The molecule has 6 aromatic rings. The summed E-state index contributed by atoms with van der Waals surface area (Å²) in [5.41, 5.74) is 3.86. The molecule has 1 saturated carbocycles. The van der Waals surface area contributed by atoms with Crippen LogP contribution in [0.5, 0.6) is 0 Å². The lowest BCUT2D eigenvalue weighted by atomic mass is 9.44. The molecule has 0 N–H and O–H groups in total. The fourth-order valence-electron chi connectivity index (χ4n) is 8.05. The van der Waals surface area contributed by atoms with Gasteiger partial charge < -0.3 is 0 Å². The van der Waals surface area contributed by atoms with Gasteiger partial charge in [0.05, 0.1) is 10.8 Å². The van der Waals surface area contributed by atoms with Gasteiger partial charge in [0.25, 0.3) is 0 Å². The number of hydrogen-bond donors (Lipinski definition) is 0. The lowest BCUT2D eigenvalue weighted by Gasteiger charge is -2.55. The zero-order valence-electron chi connectivity index (χ0n) is 23.4. The van der Waals surface area contributed by atoms with Gasteiger partial charge in [-0.3, -0.25) is 4.79 Å². The van der Waals surface area contributed by atoms with Crippen LogP contribution in [0, 0.1) is 0 Å². The average Bonchev–Trinajstić information content (AvgIpc) is 3.34. The van der Waals surface area contributed by atoms with Crippen molar-refractivity contribution in [1.29, 1.82) is 0 Å². The van der Waals surface area contributed by atoms with Crippen molar-refractivity contribution >= 4 is 5.78 Å². The summed E-state index contributed by atoms with van der Waals surface area (Å²) in [4.78, 5) is 15.6. The van der Waals surface area contributed by atoms with Crippen molar-refractivity contribution < 1.29 is 4.79 Å². The Morgan fingerprint density at radius 2 is 0.595 bits per heavy atom. The quantitative estimate of drug-likeness (QED) is 0.206. The molecule has 202 valence electrons. The Bertz CT molecular complexity index is 1660.